The van der Waals surface area contributed by atoms with Crippen molar-refractivity contribution >= 4 is 11.8 Å². The first-order valence-electron chi connectivity index (χ1n) is 6.31. The van der Waals surface area contributed by atoms with Crippen LogP contribution in [-0.2, 0) is 11.2 Å². The van der Waals surface area contributed by atoms with Gasteiger partial charge >= 0.3 is 0 Å². The number of carbonyl (C=O) groups is 2. The van der Waals surface area contributed by atoms with Gasteiger partial charge in [0.15, 0.2) is 0 Å². The molecule has 0 aliphatic carbocycles. The Morgan fingerprint density at radius 2 is 2.40 bits per heavy atom. The molecule has 2 rings (SSSR count). The Labute approximate surface area is 116 Å². The molecule has 1 aliphatic rings. The summed E-state index contributed by atoms with van der Waals surface area (Å²) in [5.74, 6) is 0.0988. The highest BCUT2D eigenvalue weighted by Crippen LogP contribution is 2.22. The second kappa shape index (κ2) is 6.06. The van der Waals surface area contributed by atoms with Gasteiger partial charge in [0, 0.05) is 13.3 Å². The van der Waals surface area contributed by atoms with E-state index in [9.17, 15) is 9.59 Å². The minimum Gasteiger partial charge on any atom is -0.491 e. The summed E-state index contributed by atoms with van der Waals surface area (Å²) in [6.07, 6.45) is 0.369. The number of fused-ring (bicyclic) bond motifs is 1. The zero-order valence-electron chi connectivity index (χ0n) is 11.1. The van der Waals surface area contributed by atoms with Gasteiger partial charge in [0.2, 0.25) is 5.91 Å². The first kappa shape index (κ1) is 13.9. The molecule has 2 N–H and O–H groups in total. The van der Waals surface area contributed by atoms with Crippen LogP contribution in [0, 0.1) is 11.3 Å². The van der Waals surface area contributed by atoms with Crippen molar-refractivity contribution in [2.45, 2.75) is 19.4 Å². The fourth-order valence-corrected chi connectivity index (χ4v) is 2.03. The average Bonchev–Trinajstić information content (AvgIpc) is 2.59. The lowest BCUT2D eigenvalue weighted by atomic mass is 10.0. The number of hydrogen-bond acceptors (Lipinski definition) is 4. The number of nitrogens with one attached hydrogen (secondary N) is 2. The molecule has 6 nitrogen and oxygen atoms in total. The molecule has 6 heteroatoms. The summed E-state index contributed by atoms with van der Waals surface area (Å²) in [4.78, 5) is 22.7. The van der Waals surface area contributed by atoms with Crippen LogP contribution < -0.4 is 15.4 Å². The van der Waals surface area contributed by atoms with Gasteiger partial charge in [0.25, 0.3) is 5.91 Å². The Hall–Kier alpha value is -2.55. The van der Waals surface area contributed by atoms with Gasteiger partial charge in [-0.3, -0.25) is 9.59 Å². The van der Waals surface area contributed by atoms with E-state index in [-0.39, 0.29) is 11.8 Å². The van der Waals surface area contributed by atoms with E-state index in [2.05, 4.69) is 10.6 Å². The quantitative estimate of drug-likeness (QED) is 0.833. The van der Waals surface area contributed by atoms with E-state index in [1.807, 2.05) is 6.07 Å². The van der Waals surface area contributed by atoms with Gasteiger partial charge in [-0.2, -0.15) is 5.26 Å². The van der Waals surface area contributed by atoms with Crippen molar-refractivity contribution in [3.05, 3.63) is 29.3 Å². The molecule has 2 amide bonds. The number of nitrogens with zero attached hydrogens (tertiary/aromatic N) is 1. The van der Waals surface area contributed by atoms with Gasteiger partial charge in [-0.25, -0.2) is 0 Å². The van der Waals surface area contributed by atoms with Crippen molar-refractivity contribution in [3.8, 4) is 11.8 Å². The van der Waals surface area contributed by atoms with E-state index in [0.29, 0.717) is 30.9 Å². The van der Waals surface area contributed by atoms with Crippen molar-refractivity contribution in [3.63, 3.8) is 0 Å². The number of rotatable bonds is 3. The second-order valence-electron chi connectivity index (χ2n) is 4.52. The Morgan fingerprint density at radius 3 is 3.10 bits per heavy atom. The monoisotopic (exact) mass is 273 g/mol. The zero-order valence-corrected chi connectivity index (χ0v) is 11.1. The van der Waals surface area contributed by atoms with Gasteiger partial charge in [-0.15, -0.1) is 0 Å². The fourth-order valence-electron chi connectivity index (χ4n) is 2.03. The van der Waals surface area contributed by atoms with E-state index in [1.165, 1.54) is 6.92 Å². The second-order valence-corrected chi connectivity index (χ2v) is 4.52. The predicted molar refractivity (Wildman–Crippen MR) is 71.2 cm³/mol. The minimum absolute atomic E-state index is 0.164. The third-order valence-electron chi connectivity index (χ3n) is 2.91. The fraction of sp³-hybridized carbons (Fsp3) is 0.357. The van der Waals surface area contributed by atoms with Crippen molar-refractivity contribution < 1.29 is 14.3 Å². The van der Waals surface area contributed by atoms with Crippen LogP contribution in [0.2, 0.25) is 0 Å². The van der Waals surface area contributed by atoms with Gasteiger partial charge in [-0.05, 0) is 17.7 Å². The number of amides is 2. The van der Waals surface area contributed by atoms with Gasteiger partial charge in [-0.1, -0.05) is 6.07 Å². The van der Waals surface area contributed by atoms with Crippen LogP contribution in [0.15, 0.2) is 18.2 Å². The molecular formula is C14H15N3O3. The van der Waals surface area contributed by atoms with Crippen LogP contribution in [0.3, 0.4) is 0 Å². The maximum atomic E-state index is 11.7. The molecule has 1 heterocycles. The van der Waals surface area contributed by atoms with Crippen LogP contribution >= 0.6 is 0 Å². The van der Waals surface area contributed by atoms with Crippen LogP contribution in [0.25, 0.3) is 0 Å². The topological polar surface area (TPSA) is 91.2 Å². The third-order valence-corrected chi connectivity index (χ3v) is 2.91. The van der Waals surface area contributed by atoms with Crippen molar-refractivity contribution in [1.29, 1.82) is 5.26 Å². The molecule has 1 unspecified atom stereocenters. The molecule has 0 saturated heterocycles. The molecular weight excluding hydrogens is 258 g/mol. The minimum atomic E-state index is -0.592. The normalized spacial score (nSPS) is 14.9. The Bertz CT molecular complexity index is 578. The number of ether oxygens (including phenoxy) is 1. The smallest absolute Gasteiger partial charge is 0.255 e. The maximum absolute atomic E-state index is 11.7. The number of hydrogen-bond donors (Lipinski definition) is 2. The molecule has 0 saturated carbocycles. The first-order chi connectivity index (χ1) is 9.60. The third kappa shape index (κ3) is 3.26. The van der Waals surface area contributed by atoms with Crippen molar-refractivity contribution in [2.75, 3.05) is 13.2 Å². The Morgan fingerprint density at radius 1 is 1.60 bits per heavy atom. The van der Waals surface area contributed by atoms with Crippen LogP contribution in [0.4, 0.5) is 0 Å². The number of carbonyl (C=O) groups excluding carboxylic acids is 2. The summed E-state index contributed by atoms with van der Waals surface area (Å²) in [6.45, 7) is 2.25. The highest BCUT2D eigenvalue weighted by molar-refractivity contribution is 5.97. The highest BCUT2D eigenvalue weighted by Gasteiger charge is 2.17. The molecule has 1 aromatic carbocycles. The van der Waals surface area contributed by atoms with Gasteiger partial charge in [0.05, 0.1) is 18.2 Å². The van der Waals surface area contributed by atoms with Crippen molar-refractivity contribution in [1.82, 2.24) is 10.6 Å². The Balaban J connectivity index is 2.18. The molecule has 0 spiro atoms. The molecule has 104 valence electrons. The summed E-state index contributed by atoms with van der Waals surface area (Å²) < 4.78 is 5.50. The lowest BCUT2D eigenvalue weighted by Gasteiger charge is -2.12. The Kier molecular flexibility index (Phi) is 4.20. The van der Waals surface area contributed by atoms with E-state index >= 15 is 0 Å². The SMILES string of the molecule is CC(=O)NC(C#N)Cc1ccc2c(c1)OCCNC2=O. The molecule has 0 radical (unpaired) electrons. The number of benzene rings is 1. The van der Waals surface area contributed by atoms with Crippen LogP contribution in [0.1, 0.15) is 22.8 Å². The molecule has 1 aliphatic heterocycles. The highest BCUT2D eigenvalue weighted by atomic mass is 16.5. The average molecular weight is 273 g/mol. The van der Waals surface area contributed by atoms with Crippen LogP contribution in [-0.4, -0.2) is 31.0 Å². The summed E-state index contributed by atoms with van der Waals surface area (Å²) in [5, 5.41) is 14.3. The summed E-state index contributed by atoms with van der Waals surface area (Å²) >= 11 is 0. The van der Waals surface area contributed by atoms with E-state index in [1.54, 1.807) is 18.2 Å². The maximum Gasteiger partial charge on any atom is 0.255 e. The van der Waals surface area contributed by atoms with Crippen molar-refractivity contribution in [2.24, 2.45) is 0 Å². The molecule has 0 bridgehead atoms. The standard InChI is InChI=1S/C14H15N3O3/c1-9(18)17-11(8-15)6-10-2-3-12-13(7-10)20-5-4-16-14(12)19/h2-3,7,11H,4-6H2,1H3,(H,16,19)(H,17,18). The zero-order chi connectivity index (χ0) is 14.5. The summed E-state index contributed by atoms with van der Waals surface area (Å²) in [6, 6.07) is 6.62. The van der Waals surface area contributed by atoms with E-state index in [4.69, 9.17) is 10.00 Å². The van der Waals surface area contributed by atoms with E-state index in [0.717, 1.165) is 5.56 Å². The molecule has 20 heavy (non-hydrogen) atoms. The number of nitriles is 1. The molecule has 0 fully saturated rings. The molecule has 1 atom stereocenters. The summed E-state index contributed by atoms with van der Waals surface area (Å²) in [7, 11) is 0. The van der Waals surface area contributed by atoms with Crippen LogP contribution in [0.5, 0.6) is 5.75 Å². The van der Waals surface area contributed by atoms with Gasteiger partial charge < -0.3 is 15.4 Å². The van der Waals surface area contributed by atoms with Gasteiger partial charge in [0.1, 0.15) is 18.4 Å². The molecule has 0 aromatic heterocycles. The van der Waals surface area contributed by atoms with E-state index < -0.39 is 6.04 Å². The lowest BCUT2D eigenvalue weighted by Crippen LogP contribution is -2.33. The summed E-state index contributed by atoms with van der Waals surface area (Å²) in [5.41, 5.74) is 1.32. The largest absolute Gasteiger partial charge is 0.491 e. The first-order valence-corrected chi connectivity index (χ1v) is 6.31. The molecule has 1 aromatic rings. The predicted octanol–water partition coefficient (Wildman–Crippen LogP) is 0.380. The lowest BCUT2D eigenvalue weighted by molar-refractivity contribution is -0.119.